The van der Waals surface area contributed by atoms with Crippen molar-refractivity contribution in [2.24, 2.45) is 5.92 Å². The van der Waals surface area contributed by atoms with Crippen LogP contribution in [0.4, 0.5) is 0 Å². The summed E-state index contributed by atoms with van der Waals surface area (Å²) in [5.74, 6) is -0.199. The van der Waals surface area contributed by atoms with Gasteiger partial charge in [-0.05, 0) is 37.4 Å². The Bertz CT molecular complexity index is 325. The lowest BCUT2D eigenvalue weighted by atomic mass is 9.81. The van der Waals surface area contributed by atoms with E-state index in [1.54, 1.807) is 21.0 Å². The lowest BCUT2D eigenvalue weighted by Crippen LogP contribution is -2.40. The average molecular weight is 238 g/mol. The van der Waals surface area contributed by atoms with Crippen molar-refractivity contribution >= 4 is 19.5 Å². The van der Waals surface area contributed by atoms with Gasteiger partial charge in [0, 0.05) is 12.6 Å². The monoisotopic (exact) mass is 238 g/mol. The zero-order valence-electron chi connectivity index (χ0n) is 10.3. The van der Waals surface area contributed by atoms with Crippen molar-refractivity contribution in [1.82, 2.24) is 5.32 Å². The highest BCUT2D eigenvalue weighted by atomic mass is 16.5. The molecule has 0 saturated heterocycles. The second-order valence-corrected chi connectivity index (χ2v) is 4.31. The second-order valence-electron chi connectivity index (χ2n) is 4.31. The van der Waals surface area contributed by atoms with Crippen molar-refractivity contribution in [1.29, 1.82) is 5.41 Å². The number of carbonyl (C=O) groups excluding carboxylic acids is 1. The largest absolute Gasteiger partial charge is 0.461 e. The summed E-state index contributed by atoms with van der Waals surface area (Å²) in [5, 5.41) is 19.6. The third-order valence-corrected chi connectivity index (χ3v) is 2.90. The van der Waals surface area contributed by atoms with Crippen LogP contribution < -0.4 is 5.32 Å². The van der Waals surface area contributed by atoms with Crippen molar-refractivity contribution in [3.63, 3.8) is 0 Å². The molecule has 0 aromatic heterocycles. The molecule has 0 aliphatic heterocycles. The SMILES string of the molecule is B/C(=C/NC1CC(CO)C1)C(=N)C(=O)OCC. The predicted octanol–water partition coefficient (Wildman–Crippen LogP) is -0.596. The molecule has 0 aromatic carbocycles. The maximum Gasteiger partial charge on any atom is 0.355 e. The molecule has 0 spiro atoms. The van der Waals surface area contributed by atoms with E-state index >= 15 is 0 Å². The van der Waals surface area contributed by atoms with E-state index in [9.17, 15) is 4.79 Å². The molecule has 0 atom stereocenters. The van der Waals surface area contributed by atoms with Gasteiger partial charge in [0.05, 0.1) is 6.61 Å². The van der Waals surface area contributed by atoms with Gasteiger partial charge in [0.25, 0.3) is 0 Å². The van der Waals surface area contributed by atoms with E-state index < -0.39 is 5.97 Å². The topological polar surface area (TPSA) is 82.4 Å². The third kappa shape index (κ3) is 3.89. The smallest absolute Gasteiger partial charge is 0.355 e. The summed E-state index contributed by atoms with van der Waals surface area (Å²) in [5.41, 5.74) is 0.452. The highest BCUT2D eigenvalue weighted by molar-refractivity contribution is 6.54. The van der Waals surface area contributed by atoms with Crippen LogP contribution in [0.2, 0.25) is 0 Å². The Kier molecular flexibility index (Phi) is 5.22. The van der Waals surface area contributed by atoms with Crippen LogP contribution in [0.25, 0.3) is 0 Å². The first-order chi connectivity index (χ1) is 8.08. The molecule has 1 fully saturated rings. The van der Waals surface area contributed by atoms with Gasteiger partial charge in [-0.3, -0.25) is 5.41 Å². The number of hydrogen-bond donors (Lipinski definition) is 3. The first kappa shape index (κ1) is 13.8. The van der Waals surface area contributed by atoms with Crippen LogP contribution in [0.3, 0.4) is 0 Å². The molecule has 1 aliphatic carbocycles. The van der Waals surface area contributed by atoms with Crippen molar-refractivity contribution in [2.75, 3.05) is 13.2 Å². The Morgan fingerprint density at radius 1 is 1.65 bits per heavy atom. The molecular weight excluding hydrogens is 219 g/mol. The Morgan fingerprint density at radius 3 is 2.82 bits per heavy atom. The maximum atomic E-state index is 11.3. The quantitative estimate of drug-likeness (QED) is 0.328. The summed E-state index contributed by atoms with van der Waals surface area (Å²) in [4.78, 5) is 11.3. The van der Waals surface area contributed by atoms with Gasteiger partial charge in [-0.2, -0.15) is 0 Å². The predicted molar refractivity (Wildman–Crippen MR) is 67.7 cm³/mol. The Labute approximate surface area is 102 Å². The number of aliphatic hydroxyl groups is 1. The molecular formula is C11H19BN2O3. The molecule has 0 amide bonds. The van der Waals surface area contributed by atoms with E-state index in [1.165, 1.54) is 0 Å². The first-order valence-corrected chi connectivity index (χ1v) is 5.88. The van der Waals surface area contributed by atoms with Crippen molar-refractivity contribution < 1.29 is 14.6 Å². The van der Waals surface area contributed by atoms with Crippen LogP contribution in [0.5, 0.6) is 0 Å². The molecule has 1 aliphatic rings. The summed E-state index contributed by atoms with van der Waals surface area (Å²) in [6, 6.07) is 0.345. The minimum atomic E-state index is -0.593. The van der Waals surface area contributed by atoms with E-state index in [-0.39, 0.29) is 18.9 Å². The molecule has 1 rings (SSSR count). The summed E-state index contributed by atoms with van der Waals surface area (Å²) in [7, 11) is 1.70. The number of aliphatic hydroxyl groups excluding tert-OH is 1. The Hall–Kier alpha value is -1.30. The van der Waals surface area contributed by atoms with Crippen molar-refractivity contribution in [3.05, 3.63) is 11.7 Å². The zero-order chi connectivity index (χ0) is 12.8. The number of esters is 1. The molecule has 3 N–H and O–H groups in total. The zero-order valence-corrected chi connectivity index (χ0v) is 10.3. The van der Waals surface area contributed by atoms with Crippen molar-refractivity contribution in [3.8, 4) is 0 Å². The van der Waals surface area contributed by atoms with Crippen LogP contribution in [-0.4, -0.2) is 43.9 Å². The molecule has 6 heteroatoms. The molecule has 0 aromatic rings. The van der Waals surface area contributed by atoms with Crippen LogP contribution in [0.1, 0.15) is 19.8 Å². The summed E-state index contributed by atoms with van der Waals surface area (Å²) in [6.07, 6.45) is 3.55. The Balaban J connectivity index is 2.34. The van der Waals surface area contributed by atoms with Crippen LogP contribution >= 0.6 is 0 Å². The standard InChI is InChI=1S/C11H19BN2O3/c1-2-17-11(16)10(13)9(12)5-14-8-3-7(4-8)6-15/h5,7-8,13-15H,2-4,6,12H2,1H3/b9-5+,13-10?. The molecule has 0 bridgehead atoms. The van der Waals surface area contributed by atoms with Crippen LogP contribution in [-0.2, 0) is 9.53 Å². The molecule has 17 heavy (non-hydrogen) atoms. The number of carbonyl (C=O) groups is 1. The van der Waals surface area contributed by atoms with E-state index in [2.05, 4.69) is 5.32 Å². The second kappa shape index (κ2) is 6.44. The molecule has 0 unspecified atom stereocenters. The van der Waals surface area contributed by atoms with Gasteiger partial charge < -0.3 is 15.2 Å². The summed E-state index contributed by atoms with van der Waals surface area (Å²) >= 11 is 0. The number of rotatable bonds is 6. The lowest BCUT2D eigenvalue weighted by molar-refractivity contribution is -0.135. The number of hydrogen-bond acceptors (Lipinski definition) is 5. The van der Waals surface area contributed by atoms with Gasteiger partial charge in [-0.1, -0.05) is 0 Å². The molecule has 0 heterocycles. The number of ether oxygens (including phenoxy) is 1. The van der Waals surface area contributed by atoms with E-state index in [4.69, 9.17) is 15.3 Å². The Morgan fingerprint density at radius 2 is 2.29 bits per heavy atom. The highest BCUT2D eigenvalue weighted by Gasteiger charge is 2.27. The summed E-state index contributed by atoms with van der Waals surface area (Å²) in [6.45, 7) is 2.23. The van der Waals surface area contributed by atoms with E-state index in [0.717, 1.165) is 12.8 Å². The fourth-order valence-electron chi connectivity index (χ4n) is 1.70. The fourth-order valence-corrected chi connectivity index (χ4v) is 1.70. The van der Waals surface area contributed by atoms with Gasteiger partial charge in [-0.25, -0.2) is 4.79 Å². The number of nitrogens with one attached hydrogen (secondary N) is 2. The summed E-state index contributed by atoms with van der Waals surface area (Å²) < 4.78 is 4.74. The maximum absolute atomic E-state index is 11.3. The van der Waals surface area contributed by atoms with Crippen LogP contribution in [0.15, 0.2) is 11.7 Å². The minimum absolute atomic E-state index is 0.114. The minimum Gasteiger partial charge on any atom is -0.461 e. The molecule has 1 saturated carbocycles. The third-order valence-electron chi connectivity index (χ3n) is 2.90. The van der Waals surface area contributed by atoms with Gasteiger partial charge in [0.1, 0.15) is 13.6 Å². The molecule has 94 valence electrons. The van der Waals surface area contributed by atoms with Gasteiger partial charge in [-0.15, -0.1) is 0 Å². The van der Waals surface area contributed by atoms with E-state index in [1.807, 2.05) is 0 Å². The van der Waals surface area contributed by atoms with Gasteiger partial charge in [0.2, 0.25) is 0 Å². The molecule has 0 radical (unpaired) electrons. The fraction of sp³-hybridized carbons (Fsp3) is 0.636. The lowest BCUT2D eigenvalue weighted by Gasteiger charge is -2.34. The average Bonchev–Trinajstić information content (AvgIpc) is 2.26. The van der Waals surface area contributed by atoms with Crippen molar-refractivity contribution in [2.45, 2.75) is 25.8 Å². The highest BCUT2D eigenvalue weighted by Crippen LogP contribution is 2.26. The normalized spacial score (nSPS) is 23.8. The molecule has 5 nitrogen and oxygen atoms in total. The van der Waals surface area contributed by atoms with Crippen LogP contribution in [0, 0.1) is 11.3 Å². The van der Waals surface area contributed by atoms with Gasteiger partial charge >= 0.3 is 5.97 Å². The first-order valence-electron chi connectivity index (χ1n) is 5.88. The van der Waals surface area contributed by atoms with Gasteiger partial charge in [0.15, 0.2) is 0 Å². The van der Waals surface area contributed by atoms with E-state index in [0.29, 0.717) is 17.4 Å².